The van der Waals surface area contributed by atoms with E-state index in [0.717, 1.165) is 13.0 Å². The fourth-order valence-corrected chi connectivity index (χ4v) is 1.58. The quantitative estimate of drug-likeness (QED) is 0.584. The molecule has 60 valence electrons. The largest absolute Gasteiger partial charge is 0.396 e. The number of aliphatic hydroxyl groups excluding tert-OH is 1. The van der Waals surface area contributed by atoms with Crippen LogP contribution in [0.1, 0.15) is 20.3 Å². The predicted octanol–water partition coefficient (Wildman–Crippen LogP) is 0.709. The molecule has 1 saturated heterocycles. The van der Waals surface area contributed by atoms with Gasteiger partial charge in [0.05, 0.1) is 0 Å². The Morgan fingerprint density at radius 1 is 1.70 bits per heavy atom. The third kappa shape index (κ3) is 1.06. The monoisotopic (exact) mass is 143 g/mol. The highest BCUT2D eigenvalue weighted by atomic mass is 16.3. The number of aliphatic hydroxyl groups is 1. The van der Waals surface area contributed by atoms with Crippen LogP contribution < -0.4 is 0 Å². The van der Waals surface area contributed by atoms with E-state index < -0.39 is 0 Å². The summed E-state index contributed by atoms with van der Waals surface area (Å²) in [4.78, 5) is 2.30. The number of rotatable bonds is 1. The Bertz CT molecular complexity index is 126. The Morgan fingerprint density at radius 2 is 2.30 bits per heavy atom. The standard InChI is InChI=1S/C8H17NO/c1-7-8(2,6-10)4-5-9(7)3/h7,10H,4-6H2,1-3H3. The lowest BCUT2D eigenvalue weighted by molar-refractivity contribution is 0.109. The van der Waals surface area contributed by atoms with Gasteiger partial charge in [-0.2, -0.15) is 0 Å². The van der Waals surface area contributed by atoms with E-state index >= 15 is 0 Å². The molecule has 1 N–H and O–H groups in total. The summed E-state index contributed by atoms with van der Waals surface area (Å²) in [6, 6.07) is 0.525. The number of hydrogen-bond acceptors (Lipinski definition) is 2. The molecule has 1 rings (SSSR count). The topological polar surface area (TPSA) is 23.5 Å². The van der Waals surface area contributed by atoms with E-state index in [1.807, 2.05) is 0 Å². The molecule has 0 saturated carbocycles. The van der Waals surface area contributed by atoms with Gasteiger partial charge in [-0.1, -0.05) is 6.92 Å². The van der Waals surface area contributed by atoms with Crippen molar-refractivity contribution < 1.29 is 5.11 Å². The summed E-state index contributed by atoms with van der Waals surface area (Å²) in [6.45, 7) is 5.78. The predicted molar refractivity (Wildman–Crippen MR) is 41.9 cm³/mol. The summed E-state index contributed by atoms with van der Waals surface area (Å²) >= 11 is 0. The van der Waals surface area contributed by atoms with Gasteiger partial charge >= 0.3 is 0 Å². The second-order valence-corrected chi connectivity index (χ2v) is 3.72. The zero-order valence-electron chi connectivity index (χ0n) is 7.09. The van der Waals surface area contributed by atoms with Crippen LogP contribution in [0, 0.1) is 5.41 Å². The van der Waals surface area contributed by atoms with Crippen molar-refractivity contribution in [2.45, 2.75) is 26.3 Å². The first-order valence-corrected chi connectivity index (χ1v) is 3.91. The van der Waals surface area contributed by atoms with Gasteiger partial charge in [0, 0.05) is 18.1 Å². The highest BCUT2D eigenvalue weighted by Gasteiger charge is 2.38. The molecular formula is C8H17NO. The summed E-state index contributed by atoms with van der Waals surface area (Å²) in [7, 11) is 2.12. The molecule has 0 aromatic carbocycles. The van der Waals surface area contributed by atoms with Crippen LogP contribution in [0.3, 0.4) is 0 Å². The van der Waals surface area contributed by atoms with Crippen LogP contribution in [0.5, 0.6) is 0 Å². The molecule has 1 heterocycles. The minimum Gasteiger partial charge on any atom is -0.396 e. The van der Waals surface area contributed by atoms with Crippen LogP contribution >= 0.6 is 0 Å². The Balaban J connectivity index is 2.64. The highest BCUT2D eigenvalue weighted by Crippen LogP contribution is 2.34. The molecule has 1 fully saturated rings. The van der Waals surface area contributed by atoms with Gasteiger partial charge < -0.3 is 10.0 Å². The molecule has 2 nitrogen and oxygen atoms in total. The van der Waals surface area contributed by atoms with Crippen LogP contribution in [0.2, 0.25) is 0 Å². The molecule has 0 amide bonds. The molecule has 0 aliphatic carbocycles. The Kier molecular flexibility index (Phi) is 2.02. The van der Waals surface area contributed by atoms with E-state index in [4.69, 9.17) is 5.11 Å². The maximum atomic E-state index is 9.09. The Morgan fingerprint density at radius 3 is 2.50 bits per heavy atom. The van der Waals surface area contributed by atoms with Crippen LogP contribution in [0.25, 0.3) is 0 Å². The van der Waals surface area contributed by atoms with E-state index in [1.165, 1.54) is 0 Å². The molecule has 0 aromatic rings. The van der Waals surface area contributed by atoms with Crippen molar-refractivity contribution in [2.24, 2.45) is 5.41 Å². The molecule has 2 unspecified atom stereocenters. The van der Waals surface area contributed by atoms with Crippen molar-refractivity contribution in [3.63, 3.8) is 0 Å². The van der Waals surface area contributed by atoms with Crippen molar-refractivity contribution in [2.75, 3.05) is 20.2 Å². The molecule has 0 radical (unpaired) electrons. The van der Waals surface area contributed by atoms with E-state index in [-0.39, 0.29) is 5.41 Å². The average molecular weight is 143 g/mol. The van der Waals surface area contributed by atoms with Crippen LogP contribution in [0.15, 0.2) is 0 Å². The van der Waals surface area contributed by atoms with Crippen molar-refractivity contribution in [3.8, 4) is 0 Å². The second kappa shape index (κ2) is 2.51. The van der Waals surface area contributed by atoms with Crippen molar-refractivity contribution in [1.82, 2.24) is 4.90 Å². The minimum atomic E-state index is 0.148. The summed E-state index contributed by atoms with van der Waals surface area (Å²) in [5, 5.41) is 9.09. The van der Waals surface area contributed by atoms with Gasteiger partial charge in [0.2, 0.25) is 0 Å². The Hall–Kier alpha value is -0.0800. The van der Waals surface area contributed by atoms with Gasteiger partial charge in [-0.3, -0.25) is 0 Å². The summed E-state index contributed by atoms with van der Waals surface area (Å²) in [5.41, 5.74) is 0.148. The van der Waals surface area contributed by atoms with Crippen molar-refractivity contribution in [1.29, 1.82) is 0 Å². The molecule has 1 aliphatic heterocycles. The van der Waals surface area contributed by atoms with E-state index in [1.54, 1.807) is 0 Å². The number of likely N-dealkylation sites (tertiary alicyclic amines) is 1. The molecule has 2 atom stereocenters. The van der Waals surface area contributed by atoms with Gasteiger partial charge in [-0.25, -0.2) is 0 Å². The molecular weight excluding hydrogens is 126 g/mol. The molecule has 2 heteroatoms. The van der Waals surface area contributed by atoms with E-state index in [9.17, 15) is 0 Å². The van der Waals surface area contributed by atoms with Gasteiger partial charge in [-0.15, -0.1) is 0 Å². The third-order valence-corrected chi connectivity index (χ3v) is 3.07. The molecule has 10 heavy (non-hydrogen) atoms. The maximum Gasteiger partial charge on any atom is 0.0500 e. The van der Waals surface area contributed by atoms with Gasteiger partial charge in [-0.05, 0) is 26.9 Å². The third-order valence-electron chi connectivity index (χ3n) is 3.07. The van der Waals surface area contributed by atoms with Gasteiger partial charge in [0.25, 0.3) is 0 Å². The molecule has 1 aliphatic rings. The normalized spacial score (nSPS) is 42.6. The Labute approximate surface area is 62.8 Å². The van der Waals surface area contributed by atoms with Crippen molar-refractivity contribution >= 4 is 0 Å². The number of hydrogen-bond donors (Lipinski definition) is 1. The van der Waals surface area contributed by atoms with Crippen LogP contribution in [-0.2, 0) is 0 Å². The summed E-state index contributed by atoms with van der Waals surface area (Å²) in [6.07, 6.45) is 1.13. The lowest BCUT2D eigenvalue weighted by atomic mass is 9.84. The minimum absolute atomic E-state index is 0.148. The first-order valence-electron chi connectivity index (χ1n) is 3.91. The fourth-order valence-electron chi connectivity index (χ4n) is 1.58. The molecule has 0 aromatic heterocycles. The van der Waals surface area contributed by atoms with Crippen molar-refractivity contribution in [3.05, 3.63) is 0 Å². The van der Waals surface area contributed by atoms with Crippen LogP contribution in [-0.4, -0.2) is 36.2 Å². The smallest absolute Gasteiger partial charge is 0.0500 e. The zero-order chi connectivity index (χ0) is 7.78. The van der Waals surface area contributed by atoms with Gasteiger partial charge in [0.15, 0.2) is 0 Å². The van der Waals surface area contributed by atoms with Gasteiger partial charge in [0.1, 0.15) is 0 Å². The zero-order valence-corrected chi connectivity index (χ0v) is 7.09. The summed E-state index contributed by atoms with van der Waals surface area (Å²) < 4.78 is 0. The highest BCUT2D eigenvalue weighted by molar-refractivity contribution is 4.91. The molecule has 0 bridgehead atoms. The molecule has 0 spiro atoms. The number of nitrogens with zero attached hydrogens (tertiary/aromatic N) is 1. The average Bonchev–Trinajstić information content (AvgIpc) is 2.19. The first-order chi connectivity index (χ1) is 4.60. The SMILES string of the molecule is CC1N(C)CCC1(C)CO. The summed E-state index contributed by atoms with van der Waals surface area (Å²) in [5.74, 6) is 0. The van der Waals surface area contributed by atoms with Crippen LogP contribution in [0.4, 0.5) is 0 Å². The second-order valence-electron chi connectivity index (χ2n) is 3.72. The first kappa shape index (κ1) is 8.02. The fraction of sp³-hybridized carbons (Fsp3) is 1.00. The lowest BCUT2D eigenvalue weighted by Crippen LogP contribution is -2.35. The maximum absolute atomic E-state index is 9.09. The lowest BCUT2D eigenvalue weighted by Gasteiger charge is -2.28. The van der Waals surface area contributed by atoms with E-state index in [0.29, 0.717) is 12.6 Å². The van der Waals surface area contributed by atoms with E-state index in [2.05, 4.69) is 25.8 Å².